The number of rotatable bonds is 1. The van der Waals surface area contributed by atoms with Crippen molar-refractivity contribution in [2.75, 3.05) is 4.90 Å². The summed E-state index contributed by atoms with van der Waals surface area (Å²) in [7, 11) is 0. The highest BCUT2D eigenvalue weighted by Crippen LogP contribution is 2.48. The Morgan fingerprint density at radius 2 is 1.04 bits per heavy atom. The smallest absolute Gasteiger partial charge is 0.247 e. The molecule has 0 saturated carbocycles. The van der Waals surface area contributed by atoms with Crippen LogP contribution < -0.4 is 37.7 Å². The van der Waals surface area contributed by atoms with E-state index in [1.165, 1.54) is 115 Å². The molecule has 1 nitrogen and oxygen atoms in total. The van der Waals surface area contributed by atoms with Gasteiger partial charge in [0.15, 0.2) is 0 Å². The minimum atomic E-state index is -0.130. The lowest BCUT2D eigenvalue weighted by molar-refractivity contribution is 0.640. The molecule has 0 aliphatic carbocycles. The first kappa shape index (κ1) is 31.1. The van der Waals surface area contributed by atoms with E-state index in [1.54, 1.807) is 0 Å². The summed E-state index contributed by atoms with van der Waals surface area (Å²) < 4.78 is 2.72. The maximum Gasteiger partial charge on any atom is 0.247 e. The van der Waals surface area contributed by atoms with Crippen LogP contribution in [0.1, 0.15) is 61.1 Å². The number of thiophene rings is 1. The third-order valence-electron chi connectivity index (χ3n) is 13.8. The van der Waals surface area contributed by atoms with E-state index in [4.69, 9.17) is 0 Å². The van der Waals surface area contributed by atoms with Crippen molar-refractivity contribution in [2.24, 2.45) is 0 Å². The Morgan fingerprint density at radius 3 is 1.63 bits per heavy atom. The van der Waals surface area contributed by atoms with Crippen LogP contribution in [0, 0.1) is 13.8 Å². The molecular formula is C50H39B2NS. The normalized spacial score (nSPS) is 16.1. The van der Waals surface area contributed by atoms with Gasteiger partial charge in [-0.05, 0) is 98.4 Å². The topological polar surface area (TPSA) is 3.24 Å². The highest BCUT2D eigenvalue weighted by atomic mass is 32.1. The molecule has 4 aliphatic rings. The molecule has 4 aliphatic heterocycles. The van der Waals surface area contributed by atoms with E-state index >= 15 is 0 Å². The monoisotopic (exact) mass is 707 g/mol. The summed E-state index contributed by atoms with van der Waals surface area (Å²) in [5.74, 6) is 0. The van der Waals surface area contributed by atoms with Gasteiger partial charge in [0, 0.05) is 48.1 Å². The molecule has 0 spiro atoms. The number of hydrogen-bond donors (Lipinski definition) is 0. The SMILES string of the molecule is Cc1ccc2c3c1C(C)(C)c1ccccc1B3c1cc(-c3cccc4c3sc3ccccc34)cc3c1N2c1ccc(C)c2c1B3c1ccccc1C2(C)C. The Kier molecular flexibility index (Phi) is 5.90. The van der Waals surface area contributed by atoms with Gasteiger partial charge in [-0.2, -0.15) is 0 Å². The minimum absolute atomic E-state index is 0.130. The summed E-state index contributed by atoms with van der Waals surface area (Å²) in [4.78, 5) is 2.70. The van der Waals surface area contributed by atoms with Crippen molar-refractivity contribution < 1.29 is 0 Å². The molecule has 12 rings (SSSR count). The highest BCUT2D eigenvalue weighted by molar-refractivity contribution is 7.26. The van der Waals surface area contributed by atoms with Gasteiger partial charge >= 0.3 is 0 Å². The number of benzene rings is 7. The molecule has 0 amide bonds. The zero-order valence-corrected chi connectivity index (χ0v) is 32.5. The molecule has 54 heavy (non-hydrogen) atoms. The fraction of sp³-hybridized carbons (Fsp3) is 0.160. The van der Waals surface area contributed by atoms with Gasteiger partial charge in [0.2, 0.25) is 13.4 Å². The van der Waals surface area contributed by atoms with Crippen molar-refractivity contribution >= 4 is 94.8 Å². The molecule has 7 aromatic carbocycles. The Balaban J connectivity index is 1.27. The zero-order chi connectivity index (χ0) is 36.4. The van der Waals surface area contributed by atoms with Gasteiger partial charge in [0.05, 0.1) is 0 Å². The Bertz CT molecular complexity index is 2860. The van der Waals surface area contributed by atoms with Gasteiger partial charge < -0.3 is 4.90 Å². The number of fused-ring (bicyclic) bond motifs is 11. The van der Waals surface area contributed by atoms with Crippen LogP contribution in [0.2, 0.25) is 0 Å². The van der Waals surface area contributed by atoms with E-state index in [1.807, 2.05) is 11.3 Å². The van der Waals surface area contributed by atoms with E-state index in [0.29, 0.717) is 0 Å². The van der Waals surface area contributed by atoms with E-state index in [2.05, 4.69) is 174 Å². The third-order valence-corrected chi connectivity index (χ3v) is 15.0. The number of anilines is 3. The molecular weight excluding hydrogens is 668 g/mol. The zero-order valence-electron chi connectivity index (χ0n) is 31.6. The summed E-state index contributed by atoms with van der Waals surface area (Å²) >= 11 is 1.94. The Morgan fingerprint density at radius 1 is 0.519 bits per heavy atom. The average Bonchev–Trinajstić information content (AvgIpc) is 3.56. The molecule has 0 unspecified atom stereocenters. The van der Waals surface area contributed by atoms with Crippen LogP contribution in [0.5, 0.6) is 0 Å². The summed E-state index contributed by atoms with van der Waals surface area (Å²) in [5, 5.41) is 2.70. The lowest BCUT2D eigenvalue weighted by Gasteiger charge is -2.51. The first-order valence-electron chi connectivity index (χ1n) is 19.5. The van der Waals surface area contributed by atoms with E-state index in [9.17, 15) is 0 Å². The fourth-order valence-corrected chi connectivity index (χ4v) is 13.0. The van der Waals surface area contributed by atoms with Gasteiger partial charge in [-0.15, -0.1) is 11.3 Å². The number of hydrogen-bond acceptors (Lipinski definition) is 2. The minimum Gasteiger partial charge on any atom is -0.313 e. The maximum atomic E-state index is 2.70. The van der Waals surface area contributed by atoms with E-state index in [-0.39, 0.29) is 24.3 Å². The molecule has 0 atom stereocenters. The molecule has 0 radical (unpaired) electrons. The van der Waals surface area contributed by atoms with Crippen molar-refractivity contribution in [1.29, 1.82) is 0 Å². The maximum absolute atomic E-state index is 2.70. The van der Waals surface area contributed by atoms with Crippen LogP contribution in [0.4, 0.5) is 17.1 Å². The van der Waals surface area contributed by atoms with E-state index in [0.717, 1.165) is 0 Å². The molecule has 4 heteroatoms. The van der Waals surface area contributed by atoms with Crippen molar-refractivity contribution in [3.63, 3.8) is 0 Å². The number of nitrogens with zero attached hydrogens (tertiary/aromatic N) is 1. The second kappa shape index (κ2) is 10.3. The molecule has 256 valence electrons. The van der Waals surface area contributed by atoms with Gasteiger partial charge in [0.1, 0.15) is 0 Å². The molecule has 8 aromatic rings. The lowest BCUT2D eigenvalue weighted by atomic mass is 9.26. The van der Waals surface area contributed by atoms with Gasteiger partial charge in [-0.3, -0.25) is 0 Å². The summed E-state index contributed by atoms with van der Waals surface area (Å²) in [6, 6.07) is 49.4. The second-order valence-electron chi connectivity index (χ2n) is 17.3. The summed E-state index contributed by atoms with van der Waals surface area (Å²) in [5.41, 5.74) is 23.8. The summed E-state index contributed by atoms with van der Waals surface area (Å²) in [6.07, 6.45) is 0. The van der Waals surface area contributed by atoms with Crippen LogP contribution in [0.25, 0.3) is 31.3 Å². The first-order valence-corrected chi connectivity index (χ1v) is 20.3. The van der Waals surface area contributed by atoms with Gasteiger partial charge in [-0.25, -0.2) is 0 Å². The molecule has 5 heterocycles. The van der Waals surface area contributed by atoms with Crippen LogP contribution in [0.15, 0.2) is 127 Å². The molecule has 0 N–H and O–H groups in total. The van der Waals surface area contributed by atoms with E-state index < -0.39 is 0 Å². The molecule has 0 saturated heterocycles. The standard InChI is InChI=1S/C50H39B2NS/c1-28-22-24-40-45-43(28)49(3,4)34-17-8-10-19-36(34)51(45)38-26-30(31-15-13-16-33-32-14-7-12-21-42(32)54-48(31)33)27-39-47(38)53(40)41-25-23-29(2)44-46(41)52(39)37-20-11-9-18-35(37)50(44,5)6/h7-27H,1-6H3. The first-order chi connectivity index (χ1) is 26.2. The average molecular weight is 708 g/mol. The van der Waals surface area contributed by atoms with Gasteiger partial charge in [-0.1, -0.05) is 148 Å². The molecule has 1 aromatic heterocycles. The highest BCUT2D eigenvalue weighted by Gasteiger charge is 2.52. The van der Waals surface area contributed by atoms with Crippen LogP contribution in [-0.2, 0) is 10.8 Å². The van der Waals surface area contributed by atoms with Crippen LogP contribution in [-0.4, -0.2) is 13.4 Å². The van der Waals surface area contributed by atoms with Crippen molar-refractivity contribution in [1.82, 2.24) is 0 Å². The second-order valence-corrected chi connectivity index (χ2v) is 18.3. The number of aryl methyl sites for hydroxylation is 2. The fourth-order valence-electron chi connectivity index (χ4n) is 11.8. The predicted molar refractivity (Wildman–Crippen MR) is 235 cm³/mol. The predicted octanol–water partition coefficient (Wildman–Crippen LogP) is 8.75. The van der Waals surface area contributed by atoms with Crippen molar-refractivity contribution in [3.8, 4) is 11.1 Å². The Hall–Kier alpha value is -5.31. The quantitative estimate of drug-likeness (QED) is 0.154. The molecule has 0 fully saturated rings. The molecule has 0 bridgehead atoms. The Labute approximate surface area is 322 Å². The van der Waals surface area contributed by atoms with Crippen LogP contribution >= 0.6 is 11.3 Å². The third kappa shape index (κ3) is 3.64. The largest absolute Gasteiger partial charge is 0.313 e. The van der Waals surface area contributed by atoms with Crippen molar-refractivity contribution in [2.45, 2.75) is 52.4 Å². The lowest BCUT2D eigenvalue weighted by Crippen LogP contribution is -2.70. The van der Waals surface area contributed by atoms with Gasteiger partial charge in [0.25, 0.3) is 0 Å². The van der Waals surface area contributed by atoms with Crippen molar-refractivity contribution in [3.05, 3.63) is 161 Å². The summed E-state index contributed by atoms with van der Waals surface area (Å²) in [6.45, 7) is 14.7. The van der Waals surface area contributed by atoms with Crippen LogP contribution in [0.3, 0.4) is 0 Å².